The van der Waals surface area contributed by atoms with Crippen LogP contribution in [0.5, 0.6) is 11.5 Å². The van der Waals surface area contributed by atoms with Gasteiger partial charge in [0.15, 0.2) is 11.5 Å². The smallest absolute Gasteiger partial charge is 0.246 e. The summed E-state index contributed by atoms with van der Waals surface area (Å²) in [5, 5.41) is 4.40. The maximum absolute atomic E-state index is 13.5. The van der Waals surface area contributed by atoms with Crippen molar-refractivity contribution in [3.63, 3.8) is 0 Å². The predicted molar refractivity (Wildman–Crippen MR) is 105 cm³/mol. The van der Waals surface area contributed by atoms with Gasteiger partial charge in [0.25, 0.3) is 0 Å². The molecule has 4 rings (SSSR count). The lowest BCUT2D eigenvalue weighted by Crippen LogP contribution is -2.46. The van der Waals surface area contributed by atoms with Crippen molar-refractivity contribution < 1.29 is 19.1 Å². The van der Waals surface area contributed by atoms with Crippen LogP contribution in [0.2, 0.25) is 0 Å². The Labute approximate surface area is 170 Å². The summed E-state index contributed by atoms with van der Waals surface area (Å²) in [6, 6.07) is 7.30. The summed E-state index contributed by atoms with van der Waals surface area (Å²) < 4.78 is 12.7. The molecule has 2 aliphatic heterocycles. The maximum atomic E-state index is 13.5. The molecule has 8 heteroatoms. The Bertz CT molecular complexity index is 939. The summed E-state index contributed by atoms with van der Waals surface area (Å²) in [5.74, 6) is 1.32. The van der Waals surface area contributed by atoms with Gasteiger partial charge in [0, 0.05) is 27.1 Å². The van der Waals surface area contributed by atoms with Crippen LogP contribution in [0.1, 0.15) is 36.7 Å². The second-order valence-electron chi connectivity index (χ2n) is 7.65. The molecule has 0 spiro atoms. The number of nitrogens with zero attached hydrogens (tertiary/aromatic N) is 4. The molecule has 2 aromatic rings. The number of carbonyl (C=O) groups is 2. The fraction of sp³-hybridized carbons (Fsp3) is 0.476. The lowest BCUT2D eigenvalue weighted by molar-refractivity contribution is -0.143. The number of aryl methyl sites for hydroxylation is 2. The highest BCUT2D eigenvalue weighted by Crippen LogP contribution is 2.33. The first kappa shape index (κ1) is 19.3. The molecule has 1 aromatic heterocycles. The van der Waals surface area contributed by atoms with Gasteiger partial charge in [0.1, 0.15) is 6.04 Å². The third-order valence-electron chi connectivity index (χ3n) is 5.52. The molecule has 3 heterocycles. The molecule has 1 atom stereocenters. The Morgan fingerprint density at radius 3 is 2.72 bits per heavy atom. The molecule has 8 nitrogen and oxygen atoms in total. The Hall–Kier alpha value is -3.03. The number of carbonyl (C=O) groups excluding carboxylic acids is 2. The first-order valence-electron chi connectivity index (χ1n) is 9.86. The van der Waals surface area contributed by atoms with Crippen molar-refractivity contribution in [1.82, 2.24) is 19.6 Å². The lowest BCUT2D eigenvalue weighted by Gasteiger charge is -2.30. The molecule has 0 saturated carbocycles. The van der Waals surface area contributed by atoms with Gasteiger partial charge in [0.05, 0.1) is 17.9 Å². The van der Waals surface area contributed by atoms with Gasteiger partial charge in [-0.15, -0.1) is 0 Å². The molecule has 0 N–H and O–H groups in total. The summed E-state index contributed by atoms with van der Waals surface area (Å²) in [7, 11) is 1.88. The predicted octanol–water partition coefficient (Wildman–Crippen LogP) is 2.00. The number of likely N-dealkylation sites (tertiary alicyclic amines) is 1. The highest BCUT2D eigenvalue weighted by molar-refractivity contribution is 5.87. The number of fused-ring (bicyclic) bond motifs is 1. The fourth-order valence-corrected chi connectivity index (χ4v) is 4.09. The second-order valence-corrected chi connectivity index (χ2v) is 7.65. The van der Waals surface area contributed by atoms with Gasteiger partial charge in [-0.25, -0.2) is 0 Å². The maximum Gasteiger partial charge on any atom is 0.246 e. The van der Waals surface area contributed by atoms with Crippen LogP contribution in [0, 0.1) is 6.92 Å². The SMILES string of the molecule is CC(=O)N1CCC[C@@H]1C(=O)N(Cc1ccc2c(c1)OCO2)Cc1cc(C)nn1C. The zero-order valence-corrected chi connectivity index (χ0v) is 17.1. The van der Waals surface area contributed by atoms with E-state index in [0.717, 1.165) is 23.4 Å². The molecule has 0 aliphatic carbocycles. The number of aromatic nitrogens is 2. The van der Waals surface area contributed by atoms with Crippen molar-refractivity contribution in [2.45, 2.75) is 45.8 Å². The summed E-state index contributed by atoms with van der Waals surface area (Å²) in [6.07, 6.45) is 1.54. The van der Waals surface area contributed by atoms with Gasteiger partial charge in [-0.05, 0) is 43.5 Å². The van der Waals surface area contributed by atoms with Gasteiger partial charge in [0.2, 0.25) is 18.6 Å². The third-order valence-corrected chi connectivity index (χ3v) is 5.52. The highest BCUT2D eigenvalue weighted by Gasteiger charge is 2.35. The molecule has 2 amide bonds. The molecule has 154 valence electrons. The minimum atomic E-state index is -0.407. The topological polar surface area (TPSA) is 76.9 Å². The van der Waals surface area contributed by atoms with E-state index in [2.05, 4.69) is 5.10 Å². The molecule has 1 fully saturated rings. The molecular weight excluding hydrogens is 372 g/mol. The average Bonchev–Trinajstić information content (AvgIpc) is 3.40. The molecule has 2 aliphatic rings. The largest absolute Gasteiger partial charge is 0.454 e. The number of rotatable bonds is 5. The van der Waals surface area contributed by atoms with Crippen molar-refractivity contribution in [2.24, 2.45) is 7.05 Å². The van der Waals surface area contributed by atoms with Crippen LogP contribution in [-0.4, -0.2) is 50.8 Å². The number of amides is 2. The summed E-state index contributed by atoms with van der Waals surface area (Å²) in [5.41, 5.74) is 2.81. The number of hydrogen-bond donors (Lipinski definition) is 0. The van der Waals surface area contributed by atoms with Crippen molar-refractivity contribution in [3.05, 3.63) is 41.2 Å². The number of hydrogen-bond acceptors (Lipinski definition) is 5. The van der Waals surface area contributed by atoms with E-state index in [-0.39, 0.29) is 18.6 Å². The Morgan fingerprint density at radius 2 is 2.00 bits per heavy atom. The standard InChI is InChI=1S/C21H26N4O4/c1-14-9-17(23(3)22-14)12-24(21(27)18-5-4-8-25(18)15(2)26)11-16-6-7-19-20(10-16)29-13-28-19/h6-7,9-10,18H,4-5,8,11-13H2,1-3H3/t18-/m1/s1. The van der Waals surface area contributed by atoms with Crippen LogP contribution in [0.25, 0.3) is 0 Å². The quantitative estimate of drug-likeness (QED) is 0.770. The molecule has 0 bridgehead atoms. The first-order valence-corrected chi connectivity index (χ1v) is 9.86. The van der Waals surface area contributed by atoms with Crippen molar-refractivity contribution in [3.8, 4) is 11.5 Å². The zero-order chi connectivity index (χ0) is 20.5. The molecule has 0 unspecified atom stereocenters. The molecule has 1 saturated heterocycles. The second kappa shape index (κ2) is 7.77. The Kier molecular flexibility index (Phi) is 5.17. The van der Waals surface area contributed by atoms with Gasteiger partial charge in [-0.3, -0.25) is 14.3 Å². The van der Waals surface area contributed by atoms with E-state index in [1.54, 1.807) is 14.5 Å². The van der Waals surface area contributed by atoms with Crippen LogP contribution in [-0.2, 0) is 29.7 Å². The van der Waals surface area contributed by atoms with Crippen LogP contribution >= 0.6 is 0 Å². The lowest BCUT2D eigenvalue weighted by atomic mass is 10.1. The van der Waals surface area contributed by atoms with E-state index in [1.807, 2.05) is 38.2 Å². The molecular formula is C21H26N4O4. The van der Waals surface area contributed by atoms with Crippen LogP contribution in [0.3, 0.4) is 0 Å². The van der Waals surface area contributed by atoms with Crippen molar-refractivity contribution >= 4 is 11.8 Å². The first-order chi connectivity index (χ1) is 13.9. The monoisotopic (exact) mass is 398 g/mol. The highest BCUT2D eigenvalue weighted by atomic mass is 16.7. The van der Waals surface area contributed by atoms with Crippen molar-refractivity contribution in [1.29, 1.82) is 0 Å². The van der Waals surface area contributed by atoms with E-state index in [0.29, 0.717) is 37.6 Å². The summed E-state index contributed by atoms with van der Waals surface area (Å²) in [4.78, 5) is 29.0. The van der Waals surface area contributed by atoms with Crippen LogP contribution in [0.4, 0.5) is 0 Å². The molecule has 1 aromatic carbocycles. The zero-order valence-electron chi connectivity index (χ0n) is 17.1. The van der Waals surface area contributed by atoms with Gasteiger partial charge < -0.3 is 19.3 Å². The Balaban J connectivity index is 1.60. The Morgan fingerprint density at radius 1 is 1.21 bits per heavy atom. The minimum absolute atomic E-state index is 0.0331. The summed E-state index contributed by atoms with van der Waals surface area (Å²) >= 11 is 0. The van der Waals surface area contributed by atoms with Gasteiger partial charge >= 0.3 is 0 Å². The normalized spacial score (nSPS) is 17.6. The van der Waals surface area contributed by atoms with E-state index < -0.39 is 6.04 Å². The fourth-order valence-electron chi connectivity index (χ4n) is 4.09. The van der Waals surface area contributed by atoms with E-state index >= 15 is 0 Å². The minimum Gasteiger partial charge on any atom is -0.454 e. The van der Waals surface area contributed by atoms with Crippen LogP contribution in [0.15, 0.2) is 24.3 Å². The summed E-state index contributed by atoms with van der Waals surface area (Å²) in [6.45, 7) is 5.15. The van der Waals surface area contributed by atoms with Crippen LogP contribution < -0.4 is 9.47 Å². The van der Waals surface area contributed by atoms with E-state index in [4.69, 9.17) is 9.47 Å². The molecule has 0 radical (unpaired) electrons. The van der Waals surface area contributed by atoms with Crippen molar-refractivity contribution in [2.75, 3.05) is 13.3 Å². The molecule has 29 heavy (non-hydrogen) atoms. The van der Waals surface area contributed by atoms with E-state index in [9.17, 15) is 9.59 Å². The van der Waals surface area contributed by atoms with Gasteiger partial charge in [-0.2, -0.15) is 5.10 Å². The average molecular weight is 398 g/mol. The number of benzene rings is 1. The number of ether oxygens (including phenoxy) is 2. The van der Waals surface area contributed by atoms with Gasteiger partial charge in [-0.1, -0.05) is 6.07 Å². The third kappa shape index (κ3) is 3.92. The van der Waals surface area contributed by atoms with E-state index in [1.165, 1.54) is 6.92 Å².